The first-order chi connectivity index (χ1) is 13.7. The van der Waals surface area contributed by atoms with Gasteiger partial charge in [-0.3, -0.25) is 9.78 Å². The van der Waals surface area contributed by atoms with E-state index in [1.807, 2.05) is 0 Å². The lowest BCUT2D eigenvalue weighted by Gasteiger charge is -2.36. The van der Waals surface area contributed by atoms with Gasteiger partial charge in [0.05, 0.1) is 29.4 Å². The predicted molar refractivity (Wildman–Crippen MR) is 107 cm³/mol. The van der Waals surface area contributed by atoms with Crippen molar-refractivity contribution in [3.63, 3.8) is 0 Å². The van der Waals surface area contributed by atoms with Crippen LogP contribution < -0.4 is 5.32 Å². The maximum Gasteiger partial charge on any atom is 0.220 e. The molecule has 4 rings (SSSR count). The Hall–Kier alpha value is -2.42. The van der Waals surface area contributed by atoms with Gasteiger partial charge < -0.3 is 5.32 Å². The third-order valence-electron chi connectivity index (χ3n) is 5.61. The van der Waals surface area contributed by atoms with E-state index in [0.717, 1.165) is 24.1 Å². The third kappa shape index (κ3) is 4.60. The van der Waals surface area contributed by atoms with Crippen LogP contribution in [0.15, 0.2) is 24.8 Å². The summed E-state index contributed by atoms with van der Waals surface area (Å²) < 4.78 is 23.3. The molecule has 8 nitrogen and oxygen atoms in total. The summed E-state index contributed by atoms with van der Waals surface area (Å²) >= 11 is 0. The number of amides is 1. The first-order valence-electron chi connectivity index (χ1n) is 9.83. The molecule has 1 aliphatic carbocycles. The molecule has 29 heavy (non-hydrogen) atoms. The zero-order valence-corrected chi connectivity index (χ0v) is 17.4. The molecule has 0 radical (unpaired) electrons. The van der Waals surface area contributed by atoms with Crippen molar-refractivity contribution < 1.29 is 13.2 Å². The van der Waals surface area contributed by atoms with E-state index in [0.29, 0.717) is 17.9 Å². The summed E-state index contributed by atoms with van der Waals surface area (Å²) in [7, 11) is -2.98. The van der Waals surface area contributed by atoms with Crippen molar-refractivity contribution in [2.24, 2.45) is 11.3 Å². The van der Waals surface area contributed by atoms with Gasteiger partial charge in [0.2, 0.25) is 5.91 Å². The van der Waals surface area contributed by atoms with Gasteiger partial charge in [-0.2, -0.15) is 0 Å². The second kappa shape index (κ2) is 7.44. The van der Waals surface area contributed by atoms with Gasteiger partial charge in [-0.1, -0.05) is 13.8 Å². The summed E-state index contributed by atoms with van der Waals surface area (Å²) in [6.45, 7) is 4.31. The van der Waals surface area contributed by atoms with Gasteiger partial charge in [-0.05, 0) is 30.6 Å². The van der Waals surface area contributed by atoms with Crippen molar-refractivity contribution in [3.05, 3.63) is 36.0 Å². The normalized spacial score (nSPS) is 24.6. The Kier molecular flexibility index (Phi) is 5.10. The second-order valence-corrected chi connectivity index (χ2v) is 11.1. The summed E-state index contributed by atoms with van der Waals surface area (Å²) in [5.74, 6) is 0.613. The Morgan fingerprint density at radius 2 is 2.07 bits per heavy atom. The van der Waals surface area contributed by atoms with Crippen molar-refractivity contribution in [2.75, 3.05) is 11.5 Å². The van der Waals surface area contributed by atoms with E-state index in [1.165, 1.54) is 0 Å². The van der Waals surface area contributed by atoms with Gasteiger partial charge in [-0.15, -0.1) is 0 Å². The minimum atomic E-state index is -2.98. The molecule has 3 heterocycles. The van der Waals surface area contributed by atoms with E-state index in [4.69, 9.17) is 4.98 Å². The molecule has 154 valence electrons. The van der Waals surface area contributed by atoms with Crippen molar-refractivity contribution in [2.45, 2.75) is 45.6 Å². The van der Waals surface area contributed by atoms with Crippen LogP contribution in [0.3, 0.4) is 0 Å². The number of carbonyl (C=O) groups is 1. The molecule has 2 atom stereocenters. The van der Waals surface area contributed by atoms with Crippen LogP contribution in [0, 0.1) is 11.3 Å². The average Bonchev–Trinajstić information content (AvgIpc) is 2.99. The van der Waals surface area contributed by atoms with Gasteiger partial charge in [-0.25, -0.2) is 23.4 Å². The molecule has 9 heteroatoms. The van der Waals surface area contributed by atoms with Crippen LogP contribution in [0.25, 0.3) is 11.5 Å². The molecule has 0 spiro atoms. The average molecular weight is 416 g/mol. The molecular weight excluding hydrogens is 390 g/mol. The zero-order chi connectivity index (χ0) is 20.6. The Balaban J connectivity index is 1.53. The molecule has 0 saturated carbocycles. The molecule has 0 aromatic carbocycles. The van der Waals surface area contributed by atoms with Crippen molar-refractivity contribution >= 4 is 15.7 Å². The standard InChI is InChI=1S/C20H25N5O3S/c1-20(2)8-15(24-18(26)7-13-3-6-29(27,28)12-13)14-10-23-19(25-16(14)9-20)17-11-21-4-5-22-17/h4-5,10-11,13,15H,3,6-9,12H2,1-2H3,(H,24,26). The molecular formula is C20H25N5O3S. The maximum absolute atomic E-state index is 12.6. The van der Waals surface area contributed by atoms with Crippen molar-refractivity contribution in [1.82, 2.24) is 25.3 Å². The van der Waals surface area contributed by atoms with Gasteiger partial charge in [0.1, 0.15) is 5.69 Å². The van der Waals surface area contributed by atoms with Crippen LogP contribution in [0.1, 0.15) is 50.4 Å². The smallest absolute Gasteiger partial charge is 0.220 e. The Morgan fingerprint density at radius 3 is 2.76 bits per heavy atom. The van der Waals surface area contributed by atoms with E-state index in [2.05, 4.69) is 34.1 Å². The third-order valence-corrected chi connectivity index (χ3v) is 7.44. The largest absolute Gasteiger partial charge is 0.349 e. The number of fused-ring (bicyclic) bond motifs is 1. The minimum absolute atomic E-state index is 0.0321. The van der Waals surface area contributed by atoms with Gasteiger partial charge in [0.15, 0.2) is 15.7 Å². The summed E-state index contributed by atoms with van der Waals surface area (Å²) in [6, 6.07) is -0.185. The summed E-state index contributed by atoms with van der Waals surface area (Å²) in [5.41, 5.74) is 2.41. The lowest BCUT2D eigenvalue weighted by molar-refractivity contribution is -0.122. The Bertz CT molecular complexity index is 1020. The fourth-order valence-corrected chi connectivity index (χ4v) is 6.12. The predicted octanol–water partition coefficient (Wildman–Crippen LogP) is 1.89. The van der Waals surface area contributed by atoms with Crippen LogP contribution in [0.5, 0.6) is 0 Å². The number of sulfone groups is 1. The molecule has 2 unspecified atom stereocenters. The number of rotatable bonds is 4. The minimum Gasteiger partial charge on any atom is -0.349 e. The van der Waals surface area contributed by atoms with E-state index < -0.39 is 9.84 Å². The highest BCUT2D eigenvalue weighted by Gasteiger charge is 2.36. The summed E-state index contributed by atoms with van der Waals surface area (Å²) in [4.78, 5) is 30.1. The first kappa shape index (κ1) is 19.9. The summed E-state index contributed by atoms with van der Waals surface area (Å²) in [6.07, 6.45) is 8.97. The Morgan fingerprint density at radius 1 is 1.24 bits per heavy atom. The maximum atomic E-state index is 12.6. The lowest BCUT2D eigenvalue weighted by atomic mass is 9.74. The number of hydrogen-bond donors (Lipinski definition) is 1. The molecule has 1 N–H and O–H groups in total. The topological polar surface area (TPSA) is 115 Å². The first-order valence-corrected chi connectivity index (χ1v) is 11.6. The van der Waals surface area contributed by atoms with E-state index in [-0.39, 0.29) is 41.2 Å². The van der Waals surface area contributed by atoms with Gasteiger partial charge in [0.25, 0.3) is 0 Å². The number of nitrogens with one attached hydrogen (secondary N) is 1. The van der Waals surface area contributed by atoms with E-state index in [1.54, 1.807) is 24.8 Å². The highest BCUT2D eigenvalue weighted by atomic mass is 32.2. The number of hydrogen-bond acceptors (Lipinski definition) is 7. The van der Waals surface area contributed by atoms with Gasteiger partial charge in [0, 0.05) is 30.6 Å². The molecule has 1 fully saturated rings. The second-order valence-electron chi connectivity index (χ2n) is 8.82. The number of nitrogens with zero attached hydrogens (tertiary/aromatic N) is 4. The molecule has 1 aliphatic heterocycles. The SMILES string of the molecule is CC1(C)Cc2nc(-c3cnccn3)ncc2C(NC(=O)CC2CCS(=O)(=O)C2)C1. The fraction of sp³-hybridized carbons (Fsp3) is 0.550. The highest BCUT2D eigenvalue weighted by molar-refractivity contribution is 7.91. The van der Waals surface area contributed by atoms with Crippen molar-refractivity contribution in [3.8, 4) is 11.5 Å². The number of carbonyl (C=O) groups excluding carboxylic acids is 1. The summed E-state index contributed by atoms with van der Waals surface area (Å²) in [5, 5.41) is 3.10. The Labute approximate surface area is 170 Å². The van der Waals surface area contributed by atoms with E-state index in [9.17, 15) is 13.2 Å². The molecule has 0 bridgehead atoms. The quantitative estimate of drug-likeness (QED) is 0.811. The highest BCUT2D eigenvalue weighted by Crippen LogP contribution is 2.40. The molecule has 1 amide bonds. The van der Waals surface area contributed by atoms with Crippen LogP contribution in [0.4, 0.5) is 0 Å². The van der Waals surface area contributed by atoms with Crippen LogP contribution in [-0.2, 0) is 21.1 Å². The van der Waals surface area contributed by atoms with Gasteiger partial charge >= 0.3 is 0 Å². The fourth-order valence-electron chi connectivity index (χ4n) is 4.26. The molecule has 2 aromatic rings. The van der Waals surface area contributed by atoms with Crippen LogP contribution >= 0.6 is 0 Å². The van der Waals surface area contributed by atoms with Crippen molar-refractivity contribution in [1.29, 1.82) is 0 Å². The number of aromatic nitrogens is 4. The monoisotopic (exact) mass is 415 g/mol. The zero-order valence-electron chi connectivity index (χ0n) is 16.6. The molecule has 1 saturated heterocycles. The van der Waals surface area contributed by atoms with Crippen LogP contribution in [0.2, 0.25) is 0 Å². The van der Waals surface area contributed by atoms with E-state index >= 15 is 0 Å². The molecule has 2 aliphatic rings. The lowest BCUT2D eigenvalue weighted by Crippen LogP contribution is -2.37. The van der Waals surface area contributed by atoms with Crippen LogP contribution in [-0.4, -0.2) is 45.8 Å². The molecule has 2 aromatic heterocycles.